The Hall–Kier alpha value is -1.63. The van der Waals surface area contributed by atoms with Crippen LogP contribution in [0.4, 0.5) is 19.0 Å². The fraction of sp³-hybridized carbons (Fsp3) is 0.600. The largest absolute Gasteiger partial charge is 0.417 e. The van der Waals surface area contributed by atoms with Crippen molar-refractivity contribution in [2.75, 3.05) is 18.0 Å². The zero-order valence-corrected chi connectivity index (χ0v) is 12.5. The molecule has 3 heterocycles. The molecule has 1 unspecified atom stereocenters. The molecule has 1 atom stereocenters. The summed E-state index contributed by atoms with van der Waals surface area (Å²) in [5.41, 5.74) is -0.240. The molecule has 0 N–H and O–H groups in total. The molecule has 1 saturated heterocycles. The lowest BCUT2D eigenvalue weighted by atomic mass is 9.95. The Morgan fingerprint density at radius 3 is 2.73 bits per heavy atom. The van der Waals surface area contributed by atoms with Crippen LogP contribution < -0.4 is 4.90 Å². The number of piperazine rings is 1. The van der Waals surface area contributed by atoms with Gasteiger partial charge >= 0.3 is 6.18 Å². The third-order valence-electron chi connectivity index (χ3n) is 4.39. The van der Waals surface area contributed by atoms with Crippen molar-refractivity contribution in [3.05, 3.63) is 23.4 Å². The van der Waals surface area contributed by atoms with Gasteiger partial charge in [-0.15, -0.1) is 0 Å². The van der Waals surface area contributed by atoms with E-state index in [1.54, 1.807) is 4.90 Å². The molecule has 1 aromatic rings. The van der Waals surface area contributed by atoms with Crippen LogP contribution >= 0.6 is 0 Å². The van der Waals surface area contributed by atoms with E-state index in [0.29, 0.717) is 24.2 Å². The van der Waals surface area contributed by atoms with Crippen LogP contribution in [0, 0.1) is 0 Å². The highest BCUT2D eigenvalue weighted by atomic mass is 19.4. The van der Waals surface area contributed by atoms with Gasteiger partial charge in [0, 0.05) is 18.8 Å². The van der Waals surface area contributed by atoms with Gasteiger partial charge in [0.25, 0.3) is 0 Å². The van der Waals surface area contributed by atoms with E-state index in [0.717, 1.165) is 18.8 Å². The fourth-order valence-corrected chi connectivity index (χ4v) is 3.16. The number of nitrogens with zero attached hydrogens (tertiary/aromatic N) is 3. The lowest BCUT2D eigenvalue weighted by molar-refractivity contribution is -0.137. The number of hydrogen-bond acceptors (Lipinski definition) is 3. The van der Waals surface area contributed by atoms with E-state index in [1.165, 1.54) is 0 Å². The second-order valence-corrected chi connectivity index (χ2v) is 6.18. The number of aryl methyl sites for hydroxylation is 1. The molecule has 1 aromatic heterocycles. The van der Waals surface area contributed by atoms with Crippen LogP contribution in [-0.4, -0.2) is 41.0 Å². The molecule has 0 aromatic carbocycles. The Bertz CT molecular complexity index is 600. The van der Waals surface area contributed by atoms with Gasteiger partial charge in [-0.25, -0.2) is 4.98 Å². The summed E-state index contributed by atoms with van der Waals surface area (Å²) < 4.78 is 38.3. The summed E-state index contributed by atoms with van der Waals surface area (Å²) in [6.07, 6.45) is -2.39. The van der Waals surface area contributed by atoms with Gasteiger partial charge in [-0.3, -0.25) is 14.6 Å². The van der Waals surface area contributed by atoms with Crippen LogP contribution in [0.1, 0.15) is 31.4 Å². The van der Waals surface area contributed by atoms with Crippen LogP contribution in [0.3, 0.4) is 0 Å². The third kappa shape index (κ3) is 2.58. The van der Waals surface area contributed by atoms with E-state index >= 15 is 0 Å². The molecule has 120 valence electrons. The number of rotatable bonds is 1. The number of hydrogen-bond donors (Lipinski definition) is 0. The van der Waals surface area contributed by atoms with Gasteiger partial charge in [-0.1, -0.05) is 0 Å². The normalized spacial score (nSPS) is 22.7. The first-order chi connectivity index (χ1) is 10.3. The van der Waals surface area contributed by atoms with E-state index in [4.69, 9.17) is 0 Å². The van der Waals surface area contributed by atoms with Gasteiger partial charge in [0.2, 0.25) is 5.91 Å². The number of carbonyl (C=O) groups excluding carboxylic acids is 1. The SMILES string of the molecule is CC(C)N1CC(=O)N2c3ncc(C(F)(F)F)cc3CCC2C1. The molecular formula is C15H18F3N3O. The van der Waals surface area contributed by atoms with Crippen molar-refractivity contribution in [2.45, 2.75) is 44.9 Å². The summed E-state index contributed by atoms with van der Waals surface area (Å²) in [4.78, 5) is 20.1. The molecule has 0 radical (unpaired) electrons. The number of halogens is 3. The van der Waals surface area contributed by atoms with Crippen molar-refractivity contribution >= 4 is 11.7 Å². The lowest BCUT2D eigenvalue weighted by Crippen LogP contribution is -2.59. The molecule has 4 nitrogen and oxygen atoms in total. The van der Waals surface area contributed by atoms with E-state index < -0.39 is 11.7 Å². The molecule has 0 spiro atoms. The number of aromatic nitrogens is 1. The van der Waals surface area contributed by atoms with Crippen molar-refractivity contribution in [3.8, 4) is 0 Å². The molecule has 1 fully saturated rings. The maximum Gasteiger partial charge on any atom is 0.417 e. The monoisotopic (exact) mass is 313 g/mol. The predicted molar refractivity (Wildman–Crippen MR) is 75.5 cm³/mol. The first-order valence-electron chi connectivity index (χ1n) is 7.39. The zero-order chi connectivity index (χ0) is 16.1. The Balaban J connectivity index is 1.93. The number of pyridine rings is 1. The highest BCUT2D eigenvalue weighted by molar-refractivity contribution is 5.96. The minimum Gasteiger partial charge on any atom is -0.291 e. The molecule has 3 rings (SSSR count). The Morgan fingerprint density at radius 2 is 2.09 bits per heavy atom. The average Bonchev–Trinajstić information content (AvgIpc) is 2.44. The molecule has 2 aliphatic rings. The van der Waals surface area contributed by atoms with Gasteiger partial charge < -0.3 is 0 Å². The van der Waals surface area contributed by atoms with E-state index in [9.17, 15) is 18.0 Å². The summed E-state index contributed by atoms with van der Waals surface area (Å²) in [6.45, 7) is 5.10. The summed E-state index contributed by atoms with van der Waals surface area (Å²) in [7, 11) is 0. The summed E-state index contributed by atoms with van der Waals surface area (Å²) in [5, 5.41) is 0. The highest BCUT2D eigenvalue weighted by Gasteiger charge is 2.40. The first kappa shape index (κ1) is 15.3. The summed E-state index contributed by atoms with van der Waals surface area (Å²) in [6, 6.07) is 1.40. The van der Waals surface area contributed by atoms with Gasteiger partial charge in [0.05, 0.1) is 18.2 Å². The number of anilines is 1. The van der Waals surface area contributed by atoms with Gasteiger partial charge in [0.1, 0.15) is 5.82 Å². The van der Waals surface area contributed by atoms with Crippen molar-refractivity contribution < 1.29 is 18.0 Å². The van der Waals surface area contributed by atoms with Gasteiger partial charge in [0.15, 0.2) is 0 Å². The van der Waals surface area contributed by atoms with Crippen molar-refractivity contribution in [1.29, 1.82) is 0 Å². The second-order valence-electron chi connectivity index (χ2n) is 6.18. The van der Waals surface area contributed by atoms with Crippen LogP contribution in [0.15, 0.2) is 12.3 Å². The number of carbonyl (C=O) groups is 1. The van der Waals surface area contributed by atoms with Crippen LogP contribution in [0.25, 0.3) is 0 Å². The minimum absolute atomic E-state index is 0.000358. The van der Waals surface area contributed by atoms with E-state index in [-0.39, 0.29) is 24.5 Å². The van der Waals surface area contributed by atoms with Crippen LogP contribution in [0.2, 0.25) is 0 Å². The second kappa shape index (κ2) is 5.22. The van der Waals surface area contributed by atoms with Crippen LogP contribution in [-0.2, 0) is 17.4 Å². The standard InChI is InChI=1S/C15H18F3N3O/c1-9(2)20-7-12-4-3-10-5-11(15(16,17)18)6-19-14(10)21(12)13(22)8-20/h5-6,9,12H,3-4,7-8H2,1-2H3. The topological polar surface area (TPSA) is 36.4 Å². The van der Waals surface area contributed by atoms with Crippen molar-refractivity contribution in [2.24, 2.45) is 0 Å². The summed E-state index contributed by atoms with van der Waals surface area (Å²) in [5.74, 6) is 0.316. The molecule has 0 aliphatic carbocycles. The Morgan fingerprint density at radius 1 is 1.36 bits per heavy atom. The lowest BCUT2D eigenvalue weighted by Gasteiger charge is -2.45. The quantitative estimate of drug-likeness (QED) is 0.799. The Labute approximate surface area is 126 Å². The van der Waals surface area contributed by atoms with Crippen molar-refractivity contribution in [1.82, 2.24) is 9.88 Å². The molecule has 2 aliphatic heterocycles. The number of amides is 1. The zero-order valence-electron chi connectivity index (χ0n) is 12.5. The molecule has 22 heavy (non-hydrogen) atoms. The van der Waals surface area contributed by atoms with Crippen LogP contribution in [0.5, 0.6) is 0 Å². The van der Waals surface area contributed by atoms with Gasteiger partial charge in [-0.2, -0.15) is 13.2 Å². The number of fused-ring (bicyclic) bond motifs is 3. The fourth-order valence-electron chi connectivity index (χ4n) is 3.16. The summed E-state index contributed by atoms with van der Waals surface area (Å²) >= 11 is 0. The maximum absolute atomic E-state index is 12.8. The average molecular weight is 313 g/mol. The first-order valence-corrected chi connectivity index (χ1v) is 7.39. The van der Waals surface area contributed by atoms with Crippen molar-refractivity contribution in [3.63, 3.8) is 0 Å². The molecule has 1 amide bonds. The van der Waals surface area contributed by atoms with Gasteiger partial charge in [-0.05, 0) is 38.3 Å². The highest BCUT2D eigenvalue weighted by Crippen LogP contribution is 2.36. The maximum atomic E-state index is 12.8. The molecule has 0 bridgehead atoms. The Kier molecular flexibility index (Phi) is 3.63. The molecule has 7 heteroatoms. The van der Waals surface area contributed by atoms with E-state index in [1.807, 2.05) is 13.8 Å². The van der Waals surface area contributed by atoms with E-state index in [2.05, 4.69) is 9.88 Å². The predicted octanol–water partition coefficient (Wildman–Crippen LogP) is 2.47. The third-order valence-corrected chi connectivity index (χ3v) is 4.39. The minimum atomic E-state index is -4.40. The number of alkyl halides is 3. The molecule has 0 saturated carbocycles. The smallest absolute Gasteiger partial charge is 0.291 e. The molecular weight excluding hydrogens is 295 g/mol.